The van der Waals surface area contributed by atoms with Crippen LogP contribution in [0.25, 0.3) is 0 Å². The summed E-state index contributed by atoms with van der Waals surface area (Å²) in [6, 6.07) is 1.85. The number of aryl methyl sites for hydroxylation is 2. The third kappa shape index (κ3) is 3.52. The molecule has 126 valence electrons. The molecule has 3 aliphatic rings. The van der Waals surface area contributed by atoms with Crippen LogP contribution >= 0.6 is 0 Å². The molecule has 1 saturated heterocycles. The molecule has 23 heavy (non-hydrogen) atoms. The second-order valence-electron chi connectivity index (χ2n) is 7.93. The van der Waals surface area contributed by atoms with Gasteiger partial charge in [0.1, 0.15) is 0 Å². The van der Waals surface area contributed by atoms with E-state index in [0.29, 0.717) is 5.92 Å². The molecular formula is C19H29N3O. The average Bonchev–Trinajstić information content (AvgIpc) is 2.54. The van der Waals surface area contributed by atoms with Gasteiger partial charge in [-0.3, -0.25) is 4.79 Å². The molecule has 4 nitrogen and oxygen atoms in total. The van der Waals surface area contributed by atoms with Gasteiger partial charge in [0.25, 0.3) is 5.56 Å². The normalized spacial score (nSPS) is 23.5. The Morgan fingerprint density at radius 3 is 2.57 bits per heavy atom. The van der Waals surface area contributed by atoms with E-state index in [1.54, 1.807) is 4.68 Å². The van der Waals surface area contributed by atoms with E-state index in [2.05, 4.69) is 10.00 Å². The summed E-state index contributed by atoms with van der Waals surface area (Å²) in [7, 11) is 0. The van der Waals surface area contributed by atoms with Gasteiger partial charge in [0.2, 0.25) is 0 Å². The van der Waals surface area contributed by atoms with E-state index in [-0.39, 0.29) is 5.56 Å². The fourth-order valence-corrected chi connectivity index (χ4v) is 4.65. The van der Waals surface area contributed by atoms with Crippen molar-refractivity contribution in [2.45, 2.75) is 64.3 Å². The molecular weight excluding hydrogens is 286 g/mol. The summed E-state index contributed by atoms with van der Waals surface area (Å²) in [6.45, 7) is 4.40. The van der Waals surface area contributed by atoms with Crippen LogP contribution in [0, 0.1) is 11.8 Å². The highest BCUT2D eigenvalue weighted by Crippen LogP contribution is 2.27. The zero-order valence-electron chi connectivity index (χ0n) is 14.2. The maximum atomic E-state index is 12.3. The first kappa shape index (κ1) is 15.4. The topological polar surface area (TPSA) is 38.1 Å². The smallest absolute Gasteiger partial charge is 0.267 e. The Hall–Kier alpha value is -1.16. The highest BCUT2D eigenvalue weighted by Gasteiger charge is 2.30. The van der Waals surface area contributed by atoms with Gasteiger partial charge in [0.15, 0.2) is 0 Å². The fraction of sp³-hybridized carbons (Fsp3) is 0.789. The largest absolute Gasteiger partial charge is 0.302 e. The molecule has 0 unspecified atom stereocenters. The van der Waals surface area contributed by atoms with Crippen molar-refractivity contribution in [3.8, 4) is 0 Å². The second-order valence-corrected chi connectivity index (χ2v) is 7.93. The lowest BCUT2D eigenvalue weighted by Crippen LogP contribution is -2.51. The van der Waals surface area contributed by atoms with Crippen molar-refractivity contribution in [1.29, 1.82) is 0 Å². The van der Waals surface area contributed by atoms with Crippen molar-refractivity contribution in [3.63, 3.8) is 0 Å². The van der Waals surface area contributed by atoms with Crippen LogP contribution in [0.1, 0.15) is 56.2 Å². The summed E-state index contributed by atoms with van der Waals surface area (Å²) in [5.74, 6) is 1.54. The van der Waals surface area contributed by atoms with Crippen LogP contribution in [0.5, 0.6) is 0 Å². The van der Waals surface area contributed by atoms with E-state index >= 15 is 0 Å². The molecule has 0 aromatic carbocycles. The molecule has 2 aliphatic carbocycles. The van der Waals surface area contributed by atoms with Crippen LogP contribution in [0.15, 0.2) is 10.9 Å². The second kappa shape index (κ2) is 6.76. The van der Waals surface area contributed by atoms with Gasteiger partial charge in [-0.05, 0) is 50.0 Å². The monoisotopic (exact) mass is 315 g/mol. The van der Waals surface area contributed by atoms with Gasteiger partial charge < -0.3 is 4.90 Å². The Balaban J connectivity index is 1.31. The van der Waals surface area contributed by atoms with Gasteiger partial charge >= 0.3 is 0 Å². The molecule has 2 heterocycles. The fourth-order valence-electron chi connectivity index (χ4n) is 4.65. The third-order valence-electron chi connectivity index (χ3n) is 5.98. The Bertz CT molecular complexity index is 597. The van der Waals surface area contributed by atoms with Crippen molar-refractivity contribution in [2.75, 3.05) is 19.6 Å². The summed E-state index contributed by atoms with van der Waals surface area (Å²) >= 11 is 0. The molecule has 1 aliphatic heterocycles. The lowest BCUT2D eigenvalue weighted by Gasteiger charge is -2.41. The Labute approximate surface area is 138 Å². The first-order valence-electron chi connectivity index (χ1n) is 9.60. The van der Waals surface area contributed by atoms with Crippen LogP contribution in [0.4, 0.5) is 0 Å². The van der Waals surface area contributed by atoms with Crippen molar-refractivity contribution in [1.82, 2.24) is 14.7 Å². The van der Waals surface area contributed by atoms with Crippen molar-refractivity contribution in [3.05, 3.63) is 27.7 Å². The van der Waals surface area contributed by atoms with E-state index in [1.807, 2.05) is 6.07 Å². The molecule has 4 heteroatoms. The highest BCUT2D eigenvalue weighted by atomic mass is 16.1. The van der Waals surface area contributed by atoms with Crippen LogP contribution in [-0.4, -0.2) is 34.3 Å². The molecule has 1 aromatic heterocycles. The number of likely N-dealkylation sites (tertiary alicyclic amines) is 1. The first-order valence-corrected chi connectivity index (χ1v) is 9.60. The summed E-state index contributed by atoms with van der Waals surface area (Å²) < 4.78 is 1.74. The van der Waals surface area contributed by atoms with Crippen molar-refractivity contribution in [2.24, 2.45) is 11.8 Å². The Morgan fingerprint density at radius 2 is 1.74 bits per heavy atom. The summed E-state index contributed by atoms with van der Waals surface area (Å²) in [5, 5.41) is 4.66. The third-order valence-corrected chi connectivity index (χ3v) is 5.98. The highest BCUT2D eigenvalue weighted by molar-refractivity contribution is 5.20. The summed E-state index contributed by atoms with van der Waals surface area (Å²) in [4.78, 5) is 14.8. The van der Waals surface area contributed by atoms with E-state index in [0.717, 1.165) is 38.4 Å². The quantitative estimate of drug-likeness (QED) is 0.857. The minimum Gasteiger partial charge on any atom is -0.302 e. The predicted octanol–water partition coefficient (Wildman–Crippen LogP) is 2.63. The standard InChI is InChI=1S/C19H29N3O/c23-19-10-17-8-4-5-9-18(17)20-22(19)14-16-12-21(13-16)11-15-6-2-1-3-7-15/h10,15-16H,1-9,11-14H2. The van der Waals surface area contributed by atoms with Gasteiger partial charge in [-0.15, -0.1) is 0 Å². The SMILES string of the molecule is O=c1cc2c(nn1CC1CN(CC3CCCCC3)C1)CCCC2. The molecule has 2 fully saturated rings. The Kier molecular flexibility index (Phi) is 4.52. The molecule has 0 atom stereocenters. The maximum absolute atomic E-state index is 12.3. The summed E-state index contributed by atoms with van der Waals surface area (Å²) in [5.41, 5.74) is 2.48. The first-order chi connectivity index (χ1) is 11.3. The van der Waals surface area contributed by atoms with E-state index < -0.39 is 0 Å². The minimum atomic E-state index is 0.108. The number of aromatic nitrogens is 2. The van der Waals surface area contributed by atoms with Crippen molar-refractivity contribution < 1.29 is 0 Å². The van der Waals surface area contributed by atoms with Crippen LogP contribution < -0.4 is 5.56 Å². The zero-order chi connectivity index (χ0) is 15.6. The van der Waals surface area contributed by atoms with Crippen LogP contribution in [0.3, 0.4) is 0 Å². The molecule has 4 rings (SSSR count). The molecule has 0 N–H and O–H groups in total. The number of hydrogen-bond donors (Lipinski definition) is 0. The van der Waals surface area contributed by atoms with Gasteiger partial charge in [0, 0.05) is 31.6 Å². The number of rotatable bonds is 4. The van der Waals surface area contributed by atoms with Gasteiger partial charge in [0.05, 0.1) is 12.2 Å². The Morgan fingerprint density at radius 1 is 0.957 bits per heavy atom. The molecule has 0 bridgehead atoms. The minimum absolute atomic E-state index is 0.108. The lowest BCUT2D eigenvalue weighted by atomic mass is 9.87. The van der Waals surface area contributed by atoms with Crippen molar-refractivity contribution >= 4 is 0 Å². The average molecular weight is 315 g/mol. The molecule has 1 saturated carbocycles. The number of hydrogen-bond acceptors (Lipinski definition) is 3. The molecule has 0 amide bonds. The van der Waals surface area contributed by atoms with E-state index in [9.17, 15) is 4.79 Å². The van der Waals surface area contributed by atoms with Gasteiger partial charge in [-0.25, -0.2) is 4.68 Å². The molecule has 0 radical (unpaired) electrons. The van der Waals surface area contributed by atoms with Gasteiger partial charge in [-0.1, -0.05) is 19.3 Å². The lowest BCUT2D eigenvalue weighted by molar-refractivity contribution is 0.0602. The maximum Gasteiger partial charge on any atom is 0.267 e. The summed E-state index contributed by atoms with van der Waals surface area (Å²) in [6.07, 6.45) is 11.7. The van der Waals surface area contributed by atoms with Crippen LogP contribution in [-0.2, 0) is 19.4 Å². The molecule has 1 aromatic rings. The zero-order valence-corrected chi connectivity index (χ0v) is 14.2. The van der Waals surface area contributed by atoms with E-state index in [4.69, 9.17) is 0 Å². The molecule has 0 spiro atoms. The number of fused-ring (bicyclic) bond motifs is 1. The van der Waals surface area contributed by atoms with Crippen LogP contribution in [0.2, 0.25) is 0 Å². The van der Waals surface area contributed by atoms with E-state index in [1.165, 1.54) is 62.7 Å². The van der Waals surface area contributed by atoms with Gasteiger partial charge in [-0.2, -0.15) is 5.10 Å². The predicted molar refractivity (Wildman–Crippen MR) is 91.6 cm³/mol. The number of nitrogens with zero attached hydrogens (tertiary/aromatic N) is 3.